The van der Waals surface area contributed by atoms with E-state index in [0.717, 1.165) is 22.8 Å². The summed E-state index contributed by atoms with van der Waals surface area (Å²) >= 11 is 6.25. The number of nitrogens with zero attached hydrogens (tertiary/aromatic N) is 4. The Morgan fingerprint density at radius 2 is 2.14 bits per heavy atom. The average molecular weight is 417 g/mol. The molecule has 0 N–H and O–H groups in total. The van der Waals surface area contributed by atoms with Gasteiger partial charge in [-0.15, -0.1) is 0 Å². The second-order valence-electron chi connectivity index (χ2n) is 7.99. The molecule has 0 unspecified atom stereocenters. The van der Waals surface area contributed by atoms with E-state index < -0.39 is 5.92 Å². The highest BCUT2D eigenvalue weighted by molar-refractivity contribution is 6.31. The fourth-order valence-corrected chi connectivity index (χ4v) is 4.78. The number of aromatic nitrogens is 3. The van der Waals surface area contributed by atoms with Gasteiger partial charge < -0.3 is 9.30 Å². The van der Waals surface area contributed by atoms with Crippen LogP contribution < -0.4 is 0 Å². The first-order valence-corrected chi connectivity index (χ1v) is 10.2. The van der Waals surface area contributed by atoms with Gasteiger partial charge in [-0.1, -0.05) is 11.6 Å². The van der Waals surface area contributed by atoms with E-state index in [0.29, 0.717) is 35.8 Å². The van der Waals surface area contributed by atoms with Crippen LogP contribution in [0.15, 0.2) is 24.4 Å². The second-order valence-corrected chi connectivity index (χ2v) is 8.42. The Bertz CT molecular complexity index is 1130. The lowest BCUT2D eigenvalue weighted by Crippen LogP contribution is -2.36. The van der Waals surface area contributed by atoms with Crippen LogP contribution in [0.4, 0.5) is 8.78 Å². The van der Waals surface area contributed by atoms with Crippen LogP contribution >= 0.6 is 11.6 Å². The highest BCUT2D eigenvalue weighted by atomic mass is 35.5. The second kappa shape index (κ2) is 6.89. The molecule has 1 aromatic carbocycles. The molecule has 2 atom stereocenters. The summed E-state index contributed by atoms with van der Waals surface area (Å²) in [6, 6.07) is 7.70. The van der Waals surface area contributed by atoms with Gasteiger partial charge in [0.05, 0.1) is 35.8 Å². The van der Waals surface area contributed by atoms with Crippen LogP contribution in [0.5, 0.6) is 0 Å². The third kappa shape index (κ3) is 3.24. The smallest absolute Gasteiger partial charge is 0.249 e. The van der Waals surface area contributed by atoms with Crippen molar-refractivity contribution in [3.05, 3.63) is 35.2 Å². The fourth-order valence-electron chi connectivity index (χ4n) is 4.61. The maximum Gasteiger partial charge on any atom is 0.249 e. The minimum absolute atomic E-state index is 0.0286. The lowest BCUT2D eigenvalue weighted by atomic mass is 9.80. The summed E-state index contributed by atoms with van der Waals surface area (Å²) in [4.78, 5) is 9.22. The number of fused-ring (bicyclic) bond motifs is 3. The largest absolute Gasteiger partial charge is 0.377 e. The van der Waals surface area contributed by atoms with Crippen molar-refractivity contribution in [3.8, 4) is 6.07 Å². The fraction of sp³-hybridized carbons (Fsp3) is 0.476. The monoisotopic (exact) mass is 416 g/mol. The highest BCUT2D eigenvalue weighted by Crippen LogP contribution is 2.50. The van der Waals surface area contributed by atoms with Gasteiger partial charge in [-0.2, -0.15) is 5.26 Å². The first-order chi connectivity index (χ1) is 13.9. The maximum absolute atomic E-state index is 13.6. The van der Waals surface area contributed by atoms with Crippen LogP contribution in [0.25, 0.3) is 21.9 Å². The van der Waals surface area contributed by atoms with Gasteiger partial charge in [0.25, 0.3) is 0 Å². The number of hydrogen-bond donors (Lipinski definition) is 0. The number of rotatable bonds is 3. The van der Waals surface area contributed by atoms with E-state index in [9.17, 15) is 8.78 Å². The number of imidazole rings is 1. The van der Waals surface area contributed by atoms with Crippen molar-refractivity contribution < 1.29 is 13.5 Å². The normalized spacial score (nSPS) is 24.5. The van der Waals surface area contributed by atoms with E-state index in [1.54, 1.807) is 12.3 Å². The Morgan fingerprint density at radius 3 is 2.90 bits per heavy atom. The molecule has 2 aromatic heterocycles. The molecule has 3 aromatic rings. The van der Waals surface area contributed by atoms with Crippen molar-refractivity contribution in [3.63, 3.8) is 0 Å². The van der Waals surface area contributed by atoms with E-state index in [4.69, 9.17) is 26.6 Å². The molecule has 0 spiro atoms. The van der Waals surface area contributed by atoms with Crippen LogP contribution in [0, 0.1) is 11.3 Å². The van der Waals surface area contributed by atoms with E-state index in [2.05, 4.69) is 15.6 Å². The predicted molar refractivity (Wildman–Crippen MR) is 105 cm³/mol. The number of benzene rings is 1. The number of ether oxygens (including phenoxy) is 1. The van der Waals surface area contributed by atoms with Gasteiger partial charge in [0.15, 0.2) is 0 Å². The van der Waals surface area contributed by atoms with E-state index in [-0.39, 0.29) is 30.9 Å². The standard InChI is InChI=1S/C21H19ClF2N4O/c22-13-1-2-17-16(7-13)19-18(11-26-17)27-20(12-9-21(23,24)10-12)28(19)14-4-6-29-15(8-14)3-5-25/h1-2,7,11-12,14-15H,3-4,6,8-10H2/t14-,15-/m0/s1. The molecule has 8 heteroatoms. The lowest BCUT2D eigenvalue weighted by Gasteiger charge is -2.37. The molecule has 29 heavy (non-hydrogen) atoms. The SMILES string of the molecule is N#CC[C@H]1C[C@@H](n2c(C3CC(F)(F)C3)nc3cnc4ccc(Cl)cc4c32)CCO1. The first kappa shape index (κ1) is 18.7. The molecule has 1 saturated carbocycles. The summed E-state index contributed by atoms with van der Waals surface area (Å²) in [5, 5.41) is 10.5. The molecule has 5 nitrogen and oxygen atoms in total. The summed E-state index contributed by atoms with van der Waals surface area (Å²) in [5.41, 5.74) is 2.35. The van der Waals surface area contributed by atoms with Gasteiger partial charge in [-0.25, -0.2) is 13.8 Å². The Kier molecular flexibility index (Phi) is 4.45. The summed E-state index contributed by atoms with van der Waals surface area (Å²) in [7, 11) is 0. The molecule has 2 aliphatic rings. The van der Waals surface area contributed by atoms with E-state index in [1.165, 1.54) is 0 Å². The molecule has 150 valence electrons. The van der Waals surface area contributed by atoms with Crippen molar-refractivity contribution >= 4 is 33.5 Å². The summed E-state index contributed by atoms with van der Waals surface area (Å²) in [5.74, 6) is -2.23. The van der Waals surface area contributed by atoms with Crippen LogP contribution in [0.2, 0.25) is 5.02 Å². The molecular weight excluding hydrogens is 398 g/mol. The topological polar surface area (TPSA) is 63.7 Å². The molecule has 1 saturated heterocycles. The number of alkyl halides is 2. The van der Waals surface area contributed by atoms with Crippen molar-refractivity contribution in [2.24, 2.45) is 0 Å². The lowest BCUT2D eigenvalue weighted by molar-refractivity contribution is -0.0898. The molecule has 3 heterocycles. The molecule has 0 radical (unpaired) electrons. The zero-order chi connectivity index (χ0) is 20.2. The van der Waals surface area contributed by atoms with Gasteiger partial charge in [0.1, 0.15) is 11.3 Å². The summed E-state index contributed by atoms with van der Waals surface area (Å²) < 4.78 is 35.1. The summed E-state index contributed by atoms with van der Waals surface area (Å²) in [6.45, 7) is 0.528. The first-order valence-electron chi connectivity index (χ1n) is 9.77. The molecule has 0 amide bonds. The van der Waals surface area contributed by atoms with Crippen LogP contribution in [0.1, 0.15) is 49.9 Å². The number of nitriles is 1. The zero-order valence-electron chi connectivity index (χ0n) is 15.6. The molecule has 1 aliphatic carbocycles. The molecule has 0 bridgehead atoms. The number of pyridine rings is 1. The Hall–Kier alpha value is -2.30. The van der Waals surface area contributed by atoms with Crippen molar-refractivity contribution in [2.45, 2.75) is 56.1 Å². The van der Waals surface area contributed by atoms with Crippen LogP contribution in [-0.2, 0) is 4.74 Å². The van der Waals surface area contributed by atoms with E-state index >= 15 is 0 Å². The van der Waals surface area contributed by atoms with Gasteiger partial charge in [0.2, 0.25) is 5.92 Å². The Morgan fingerprint density at radius 1 is 1.31 bits per heavy atom. The van der Waals surface area contributed by atoms with Crippen molar-refractivity contribution in [1.82, 2.24) is 14.5 Å². The number of halogens is 3. The summed E-state index contributed by atoms with van der Waals surface area (Å²) in [6.07, 6.45) is 2.87. The number of hydrogen-bond acceptors (Lipinski definition) is 4. The van der Waals surface area contributed by atoms with Gasteiger partial charge in [0, 0.05) is 41.8 Å². The minimum atomic E-state index is -2.63. The molecule has 2 fully saturated rings. The Labute approximate surface area is 171 Å². The molecular formula is C21H19ClF2N4O. The molecule has 1 aliphatic heterocycles. The zero-order valence-corrected chi connectivity index (χ0v) is 16.4. The highest BCUT2D eigenvalue weighted by Gasteiger charge is 2.48. The van der Waals surface area contributed by atoms with Crippen molar-refractivity contribution in [1.29, 1.82) is 5.26 Å². The van der Waals surface area contributed by atoms with E-state index in [1.807, 2.05) is 12.1 Å². The molecule has 5 rings (SSSR count). The predicted octanol–water partition coefficient (Wildman–Crippen LogP) is 5.38. The van der Waals surface area contributed by atoms with Gasteiger partial charge >= 0.3 is 0 Å². The van der Waals surface area contributed by atoms with Crippen molar-refractivity contribution in [2.75, 3.05) is 6.61 Å². The maximum atomic E-state index is 13.6. The quantitative estimate of drug-likeness (QED) is 0.574. The third-order valence-electron chi connectivity index (χ3n) is 5.98. The van der Waals surface area contributed by atoms with Gasteiger partial charge in [-0.05, 0) is 31.0 Å². The Balaban J connectivity index is 1.69. The van der Waals surface area contributed by atoms with Crippen LogP contribution in [-0.4, -0.2) is 33.2 Å². The van der Waals surface area contributed by atoms with Gasteiger partial charge in [-0.3, -0.25) is 4.98 Å². The average Bonchev–Trinajstić information content (AvgIpc) is 3.06. The third-order valence-corrected chi connectivity index (χ3v) is 6.22. The minimum Gasteiger partial charge on any atom is -0.377 e. The van der Waals surface area contributed by atoms with Crippen LogP contribution in [0.3, 0.4) is 0 Å².